The van der Waals surface area contributed by atoms with Gasteiger partial charge in [-0.05, 0) is 58.0 Å². The van der Waals surface area contributed by atoms with Gasteiger partial charge >= 0.3 is 0 Å². The van der Waals surface area contributed by atoms with Gasteiger partial charge in [-0.3, -0.25) is 9.88 Å². The molecule has 0 spiro atoms. The molecule has 1 aromatic heterocycles. The first kappa shape index (κ1) is 16.2. The Morgan fingerprint density at radius 3 is 2.62 bits per heavy atom. The molecule has 1 N–H and O–H groups in total. The number of nitrogens with one attached hydrogen (secondary N) is 1. The van der Waals surface area contributed by atoms with E-state index in [4.69, 9.17) is 4.74 Å². The lowest BCUT2D eigenvalue weighted by Gasteiger charge is -2.48. The Kier molecular flexibility index (Phi) is 5.59. The molecule has 21 heavy (non-hydrogen) atoms. The first-order valence-corrected chi connectivity index (χ1v) is 8.07. The van der Waals surface area contributed by atoms with Gasteiger partial charge in [-0.25, -0.2) is 0 Å². The molecule has 0 bridgehead atoms. The van der Waals surface area contributed by atoms with Gasteiger partial charge in [0.1, 0.15) is 5.75 Å². The van der Waals surface area contributed by atoms with Crippen LogP contribution in [0.3, 0.4) is 0 Å². The van der Waals surface area contributed by atoms with Crippen molar-refractivity contribution in [2.24, 2.45) is 0 Å². The molecule has 2 rings (SSSR count). The molecule has 1 aliphatic heterocycles. The summed E-state index contributed by atoms with van der Waals surface area (Å²) in [7, 11) is 3.74. The van der Waals surface area contributed by atoms with Crippen molar-refractivity contribution in [3.63, 3.8) is 0 Å². The van der Waals surface area contributed by atoms with Gasteiger partial charge in [0.25, 0.3) is 0 Å². The Labute approximate surface area is 128 Å². The average molecular weight is 291 g/mol. The predicted octanol–water partition coefficient (Wildman–Crippen LogP) is 3.01. The van der Waals surface area contributed by atoms with Crippen LogP contribution in [0.2, 0.25) is 0 Å². The Morgan fingerprint density at radius 1 is 1.33 bits per heavy atom. The fourth-order valence-electron chi connectivity index (χ4n) is 3.56. The van der Waals surface area contributed by atoms with E-state index < -0.39 is 0 Å². The maximum absolute atomic E-state index is 5.34. The van der Waals surface area contributed by atoms with Crippen molar-refractivity contribution in [2.75, 3.05) is 27.2 Å². The van der Waals surface area contributed by atoms with E-state index in [0.29, 0.717) is 0 Å². The van der Waals surface area contributed by atoms with Crippen LogP contribution < -0.4 is 10.1 Å². The maximum atomic E-state index is 5.34. The van der Waals surface area contributed by atoms with Crippen LogP contribution >= 0.6 is 0 Å². The molecule has 0 radical (unpaired) electrons. The van der Waals surface area contributed by atoms with Crippen molar-refractivity contribution < 1.29 is 4.74 Å². The van der Waals surface area contributed by atoms with Gasteiger partial charge in [0, 0.05) is 11.7 Å². The molecule has 0 aromatic carbocycles. The van der Waals surface area contributed by atoms with E-state index in [0.717, 1.165) is 12.2 Å². The standard InChI is InChI=1S/C17H29N3O/c1-5-17(2,20-9-7-6-8-10-20)16(18-3)14-11-15(21-4)13-19-12-14/h11-13,16,18H,5-10H2,1-4H3. The monoisotopic (exact) mass is 291 g/mol. The molecule has 1 fully saturated rings. The van der Waals surface area contributed by atoms with Crippen LogP contribution in [0.5, 0.6) is 5.75 Å². The molecule has 2 unspecified atom stereocenters. The molecular weight excluding hydrogens is 262 g/mol. The molecule has 4 heteroatoms. The summed E-state index contributed by atoms with van der Waals surface area (Å²) < 4.78 is 5.34. The fraction of sp³-hybridized carbons (Fsp3) is 0.706. The number of rotatable bonds is 6. The van der Waals surface area contributed by atoms with Crippen LogP contribution in [0, 0.1) is 0 Å². The third-order valence-corrected chi connectivity index (χ3v) is 5.01. The first-order valence-electron chi connectivity index (χ1n) is 8.07. The maximum Gasteiger partial charge on any atom is 0.137 e. The Hall–Kier alpha value is -1.13. The molecule has 1 aromatic rings. The molecule has 2 atom stereocenters. The van der Waals surface area contributed by atoms with Gasteiger partial charge in [0.2, 0.25) is 0 Å². The van der Waals surface area contributed by atoms with Gasteiger partial charge in [-0.2, -0.15) is 0 Å². The molecule has 118 valence electrons. The first-order chi connectivity index (χ1) is 10.2. The van der Waals surface area contributed by atoms with Gasteiger partial charge in [0.15, 0.2) is 0 Å². The SMILES string of the molecule is CCC(C)(C(NC)c1cncc(OC)c1)N1CCCCC1. The van der Waals surface area contributed by atoms with Crippen LogP contribution in [-0.4, -0.2) is 42.7 Å². The summed E-state index contributed by atoms with van der Waals surface area (Å²) >= 11 is 0. The van der Waals surface area contributed by atoms with Crippen LogP contribution in [0.25, 0.3) is 0 Å². The highest BCUT2D eigenvalue weighted by Crippen LogP contribution is 2.36. The second-order valence-electron chi connectivity index (χ2n) is 6.14. The van der Waals surface area contributed by atoms with E-state index >= 15 is 0 Å². The number of nitrogens with zero attached hydrogens (tertiary/aromatic N) is 2. The molecule has 0 amide bonds. The second kappa shape index (κ2) is 7.23. The summed E-state index contributed by atoms with van der Waals surface area (Å²) in [5, 5.41) is 3.52. The minimum atomic E-state index is 0.100. The fourth-order valence-corrected chi connectivity index (χ4v) is 3.56. The number of methoxy groups -OCH3 is 1. The van der Waals surface area contributed by atoms with E-state index in [2.05, 4.69) is 35.1 Å². The summed E-state index contributed by atoms with van der Waals surface area (Å²) in [6.07, 6.45) is 8.81. The third-order valence-electron chi connectivity index (χ3n) is 5.01. The normalized spacial score (nSPS) is 20.8. The van der Waals surface area contributed by atoms with Crippen molar-refractivity contribution in [2.45, 2.75) is 51.1 Å². The highest BCUT2D eigenvalue weighted by molar-refractivity contribution is 5.28. The highest BCUT2D eigenvalue weighted by atomic mass is 16.5. The van der Waals surface area contributed by atoms with Crippen molar-refractivity contribution in [3.05, 3.63) is 24.0 Å². The van der Waals surface area contributed by atoms with E-state index in [1.807, 2.05) is 13.2 Å². The van der Waals surface area contributed by atoms with Crippen molar-refractivity contribution in [3.8, 4) is 5.75 Å². The summed E-state index contributed by atoms with van der Waals surface area (Å²) in [6.45, 7) is 7.05. The quantitative estimate of drug-likeness (QED) is 0.874. The lowest BCUT2D eigenvalue weighted by atomic mass is 9.82. The van der Waals surface area contributed by atoms with Crippen molar-refractivity contribution >= 4 is 0 Å². The number of piperidine rings is 1. The second-order valence-corrected chi connectivity index (χ2v) is 6.14. The lowest BCUT2D eigenvalue weighted by molar-refractivity contribution is 0.0446. The summed E-state index contributed by atoms with van der Waals surface area (Å²) in [4.78, 5) is 6.98. The summed E-state index contributed by atoms with van der Waals surface area (Å²) in [6, 6.07) is 2.36. The zero-order chi connectivity index (χ0) is 15.3. The van der Waals surface area contributed by atoms with Crippen LogP contribution in [0.4, 0.5) is 0 Å². The van der Waals surface area contributed by atoms with Crippen LogP contribution in [0.15, 0.2) is 18.5 Å². The van der Waals surface area contributed by atoms with Crippen molar-refractivity contribution in [1.29, 1.82) is 0 Å². The highest BCUT2D eigenvalue weighted by Gasteiger charge is 2.39. The number of aromatic nitrogens is 1. The molecule has 4 nitrogen and oxygen atoms in total. The number of pyridine rings is 1. The minimum Gasteiger partial charge on any atom is -0.495 e. The van der Waals surface area contributed by atoms with Gasteiger partial charge in [-0.15, -0.1) is 0 Å². The lowest BCUT2D eigenvalue weighted by Crippen LogP contribution is -2.55. The van der Waals surface area contributed by atoms with E-state index in [9.17, 15) is 0 Å². The smallest absolute Gasteiger partial charge is 0.137 e. The number of likely N-dealkylation sites (N-methyl/N-ethyl adjacent to an activating group) is 1. The average Bonchev–Trinajstić information content (AvgIpc) is 2.56. The molecule has 2 heterocycles. The minimum absolute atomic E-state index is 0.100. The van der Waals surface area contributed by atoms with E-state index in [1.165, 1.54) is 37.9 Å². The number of hydrogen-bond acceptors (Lipinski definition) is 4. The zero-order valence-electron chi connectivity index (χ0n) is 13.9. The number of likely N-dealkylation sites (tertiary alicyclic amines) is 1. The van der Waals surface area contributed by atoms with Gasteiger partial charge < -0.3 is 10.1 Å². The predicted molar refractivity (Wildman–Crippen MR) is 86.7 cm³/mol. The van der Waals surface area contributed by atoms with Gasteiger partial charge in [0.05, 0.1) is 19.3 Å². The molecule has 1 aliphatic rings. The van der Waals surface area contributed by atoms with E-state index in [1.54, 1.807) is 13.3 Å². The summed E-state index contributed by atoms with van der Waals surface area (Å²) in [5.41, 5.74) is 1.30. The number of hydrogen-bond donors (Lipinski definition) is 1. The van der Waals surface area contributed by atoms with Crippen molar-refractivity contribution in [1.82, 2.24) is 15.2 Å². The van der Waals surface area contributed by atoms with Crippen LogP contribution in [0.1, 0.15) is 51.1 Å². The molecular formula is C17H29N3O. The largest absolute Gasteiger partial charge is 0.495 e. The topological polar surface area (TPSA) is 37.4 Å². The van der Waals surface area contributed by atoms with Gasteiger partial charge in [-0.1, -0.05) is 13.3 Å². The third kappa shape index (κ3) is 3.38. The van der Waals surface area contributed by atoms with E-state index in [-0.39, 0.29) is 11.6 Å². The number of ether oxygens (including phenoxy) is 1. The zero-order valence-corrected chi connectivity index (χ0v) is 13.9. The molecule has 0 saturated carbocycles. The summed E-state index contributed by atoms with van der Waals surface area (Å²) in [5.74, 6) is 0.824. The Balaban J connectivity index is 2.31. The Morgan fingerprint density at radius 2 is 2.05 bits per heavy atom. The molecule has 1 saturated heterocycles. The Bertz CT molecular complexity index is 445. The molecule has 0 aliphatic carbocycles. The van der Waals surface area contributed by atoms with Crippen LogP contribution in [-0.2, 0) is 0 Å².